The summed E-state index contributed by atoms with van der Waals surface area (Å²) in [6.07, 6.45) is 0.219. The number of benzene rings is 1. The molecule has 0 aliphatic heterocycles. The first kappa shape index (κ1) is 12.2. The number of carboxylic acids is 1. The SMILES string of the molecule is Cc1c(NC(=O)CCN)cccc1C(=O)O. The van der Waals surface area contributed by atoms with Gasteiger partial charge in [0.1, 0.15) is 0 Å². The molecular weight excluding hydrogens is 208 g/mol. The Labute approximate surface area is 93.3 Å². The number of hydrogen-bond donors (Lipinski definition) is 3. The molecule has 5 heteroatoms. The number of aromatic carboxylic acids is 1. The van der Waals surface area contributed by atoms with Gasteiger partial charge in [0.15, 0.2) is 0 Å². The Morgan fingerprint density at radius 2 is 2.12 bits per heavy atom. The van der Waals surface area contributed by atoms with E-state index in [4.69, 9.17) is 10.8 Å². The van der Waals surface area contributed by atoms with E-state index >= 15 is 0 Å². The van der Waals surface area contributed by atoms with E-state index < -0.39 is 5.97 Å². The van der Waals surface area contributed by atoms with E-state index in [9.17, 15) is 9.59 Å². The first-order valence-electron chi connectivity index (χ1n) is 4.89. The van der Waals surface area contributed by atoms with E-state index in [-0.39, 0.29) is 24.4 Å². The lowest BCUT2D eigenvalue weighted by Gasteiger charge is -2.09. The summed E-state index contributed by atoms with van der Waals surface area (Å²) in [6, 6.07) is 4.75. The highest BCUT2D eigenvalue weighted by molar-refractivity contribution is 5.96. The van der Waals surface area contributed by atoms with E-state index in [2.05, 4.69) is 5.32 Å². The molecule has 0 saturated carbocycles. The standard InChI is InChI=1S/C11H14N2O3/c1-7-8(11(15)16)3-2-4-9(7)13-10(14)5-6-12/h2-4H,5-6,12H2,1H3,(H,13,14)(H,15,16). The summed E-state index contributed by atoms with van der Waals surface area (Å²) < 4.78 is 0. The van der Waals surface area contributed by atoms with Gasteiger partial charge in [0.2, 0.25) is 5.91 Å². The smallest absolute Gasteiger partial charge is 0.336 e. The van der Waals surface area contributed by atoms with Crippen molar-refractivity contribution in [2.45, 2.75) is 13.3 Å². The number of carbonyl (C=O) groups is 2. The largest absolute Gasteiger partial charge is 0.478 e. The molecule has 1 aromatic rings. The van der Waals surface area contributed by atoms with Crippen molar-refractivity contribution >= 4 is 17.6 Å². The van der Waals surface area contributed by atoms with Gasteiger partial charge in [-0.05, 0) is 24.6 Å². The highest BCUT2D eigenvalue weighted by Crippen LogP contribution is 2.18. The Morgan fingerprint density at radius 1 is 1.44 bits per heavy atom. The van der Waals surface area contributed by atoms with Crippen LogP contribution in [0.3, 0.4) is 0 Å². The molecular formula is C11H14N2O3. The fourth-order valence-corrected chi connectivity index (χ4v) is 1.35. The van der Waals surface area contributed by atoms with Gasteiger partial charge in [-0.3, -0.25) is 4.79 Å². The molecule has 16 heavy (non-hydrogen) atoms. The number of hydrogen-bond acceptors (Lipinski definition) is 3. The zero-order chi connectivity index (χ0) is 12.1. The molecule has 1 rings (SSSR count). The fraction of sp³-hybridized carbons (Fsp3) is 0.273. The topological polar surface area (TPSA) is 92.4 Å². The lowest BCUT2D eigenvalue weighted by atomic mass is 10.1. The third kappa shape index (κ3) is 2.80. The molecule has 4 N–H and O–H groups in total. The molecule has 0 heterocycles. The number of nitrogens with one attached hydrogen (secondary N) is 1. The molecule has 0 radical (unpaired) electrons. The second-order valence-electron chi connectivity index (χ2n) is 3.37. The highest BCUT2D eigenvalue weighted by Gasteiger charge is 2.11. The Balaban J connectivity index is 2.93. The van der Waals surface area contributed by atoms with Crippen LogP contribution in [0.5, 0.6) is 0 Å². The number of nitrogens with two attached hydrogens (primary N) is 1. The minimum atomic E-state index is -1.01. The molecule has 0 aliphatic carbocycles. The number of anilines is 1. The van der Waals surface area contributed by atoms with Gasteiger partial charge in [-0.2, -0.15) is 0 Å². The van der Waals surface area contributed by atoms with Crippen LogP contribution >= 0.6 is 0 Å². The monoisotopic (exact) mass is 222 g/mol. The van der Waals surface area contributed by atoms with Gasteiger partial charge in [0.25, 0.3) is 0 Å². The molecule has 1 aromatic carbocycles. The predicted molar refractivity (Wildman–Crippen MR) is 60.4 cm³/mol. The Kier molecular flexibility index (Phi) is 4.02. The normalized spacial score (nSPS) is 9.88. The van der Waals surface area contributed by atoms with Crippen LogP contribution in [0.1, 0.15) is 22.3 Å². The van der Waals surface area contributed by atoms with Crippen LogP contribution in [0.15, 0.2) is 18.2 Å². The maximum atomic E-state index is 11.3. The Bertz CT molecular complexity index is 416. The lowest BCUT2D eigenvalue weighted by molar-refractivity contribution is -0.116. The first-order chi connectivity index (χ1) is 7.56. The van der Waals surface area contributed by atoms with Gasteiger partial charge in [-0.1, -0.05) is 6.07 Å². The quantitative estimate of drug-likeness (QED) is 0.708. The van der Waals surface area contributed by atoms with Gasteiger partial charge in [0.05, 0.1) is 5.56 Å². The maximum absolute atomic E-state index is 11.3. The lowest BCUT2D eigenvalue weighted by Crippen LogP contribution is -2.17. The van der Waals surface area contributed by atoms with Crippen molar-refractivity contribution in [3.8, 4) is 0 Å². The van der Waals surface area contributed by atoms with Crippen molar-refractivity contribution in [1.82, 2.24) is 0 Å². The van der Waals surface area contributed by atoms with Crippen molar-refractivity contribution < 1.29 is 14.7 Å². The second kappa shape index (κ2) is 5.27. The molecule has 0 aliphatic rings. The average Bonchev–Trinajstić information content (AvgIpc) is 2.21. The zero-order valence-corrected chi connectivity index (χ0v) is 8.99. The van der Waals surface area contributed by atoms with Gasteiger partial charge in [-0.15, -0.1) is 0 Å². The van der Waals surface area contributed by atoms with Crippen LogP contribution in [0.2, 0.25) is 0 Å². The van der Waals surface area contributed by atoms with Crippen LogP contribution in [0, 0.1) is 6.92 Å². The van der Waals surface area contributed by atoms with E-state index in [1.807, 2.05) is 0 Å². The maximum Gasteiger partial charge on any atom is 0.336 e. The summed E-state index contributed by atoms with van der Waals surface area (Å²) in [5.41, 5.74) is 6.48. The van der Waals surface area contributed by atoms with Crippen molar-refractivity contribution in [2.24, 2.45) is 5.73 Å². The predicted octanol–water partition coefficient (Wildman–Crippen LogP) is 0.981. The summed E-state index contributed by atoms with van der Waals surface area (Å²) in [5.74, 6) is -1.22. The van der Waals surface area contributed by atoms with E-state index in [0.717, 1.165) is 0 Å². The van der Waals surface area contributed by atoms with Gasteiger partial charge >= 0.3 is 5.97 Å². The van der Waals surface area contributed by atoms with E-state index in [0.29, 0.717) is 11.3 Å². The van der Waals surface area contributed by atoms with Crippen molar-refractivity contribution in [1.29, 1.82) is 0 Å². The molecule has 0 unspecified atom stereocenters. The highest BCUT2D eigenvalue weighted by atomic mass is 16.4. The molecule has 0 atom stereocenters. The molecule has 0 aromatic heterocycles. The molecule has 0 bridgehead atoms. The van der Waals surface area contributed by atoms with Gasteiger partial charge in [-0.25, -0.2) is 4.79 Å². The van der Waals surface area contributed by atoms with Gasteiger partial charge < -0.3 is 16.2 Å². The van der Waals surface area contributed by atoms with Crippen LogP contribution in [-0.2, 0) is 4.79 Å². The summed E-state index contributed by atoms with van der Waals surface area (Å²) in [5, 5.41) is 11.5. The summed E-state index contributed by atoms with van der Waals surface area (Å²) in [6.45, 7) is 1.92. The third-order valence-electron chi connectivity index (χ3n) is 2.21. The number of carbonyl (C=O) groups excluding carboxylic acids is 1. The second-order valence-corrected chi connectivity index (χ2v) is 3.37. The van der Waals surface area contributed by atoms with Crippen LogP contribution in [0.25, 0.3) is 0 Å². The minimum absolute atomic E-state index is 0.186. The third-order valence-corrected chi connectivity index (χ3v) is 2.21. The van der Waals surface area contributed by atoms with Crippen LogP contribution in [0.4, 0.5) is 5.69 Å². The van der Waals surface area contributed by atoms with Crippen molar-refractivity contribution in [3.63, 3.8) is 0 Å². The van der Waals surface area contributed by atoms with E-state index in [1.165, 1.54) is 6.07 Å². The van der Waals surface area contributed by atoms with Crippen LogP contribution in [-0.4, -0.2) is 23.5 Å². The molecule has 1 amide bonds. The summed E-state index contributed by atoms with van der Waals surface area (Å²) >= 11 is 0. The molecule has 0 fully saturated rings. The van der Waals surface area contributed by atoms with E-state index in [1.54, 1.807) is 19.1 Å². The minimum Gasteiger partial charge on any atom is -0.478 e. The molecule has 86 valence electrons. The van der Waals surface area contributed by atoms with Crippen molar-refractivity contribution in [2.75, 3.05) is 11.9 Å². The average molecular weight is 222 g/mol. The fourth-order valence-electron chi connectivity index (χ4n) is 1.35. The first-order valence-corrected chi connectivity index (χ1v) is 4.89. The summed E-state index contributed by atoms with van der Waals surface area (Å²) in [4.78, 5) is 22.2. The van der Waals surface area contributed by atoms with Crippen LogP contribution < -0.4 is 11.1 Å². The number of amides is 1. The van der Waals surface area contributed by atoms with Gasteiger partial charge in [0, 0.05) is 18.7 Å². The number of carboxylic acid groups (broad SMARTS) is 1. The number of rotatable bonds is 4. The molecule has 0 spiro atoms. The van der Waals surface area contributed by atoms with Crippen molar-refractivity contribution in [3.05, 3.63) is 29.3 Å². The Hall–Kier alpha value is -1.88. The molecule has 5 nitrogen and oxygen atoms in total. The zero-order valence-electron chi connectivity index (χ0n) is 8.99. The molecule has 0 saturated heterocycles. The summed E-state index contributed by atoms with van der Waals surface area (Å²) in [7, 11) is 0. The Morgan fingerprint density at radius 3 is 2.69 bits per heavy atom.